The molecule has 4 heterocycles. The van der Waals surface area contributed by atoms with Crippen molar-refractivity contribution in [1.29, 1.82) is 0 Å². The molecule has 1 aliphatic rings. The first-order valence-electron chi connectivity index (χ1n) is 8.54. The van der Waals surface area contributed by atoms with Crippen LogP contribution in [0.15, 0.2) is 18.5 Å². The number of halogens is 3. The van der Waals surface area contributed by atoms with Crippen LogP contribution in [0.25, 0.3) is 16.2 Å². The highest BCUT2D eigenvalue weighted by molar-refractivity contribution is 7.20. The number of rotatable bonds is 4. The van der Waals surface area contributed by atoms with E-state index in [9.17, 15) is 13.2 Å². The molecule has 0 aromatic carbocycles. The quantitative estimate of drug-likeness (QED) is 0.627. The number of fused-ring (bicyclic) bond motifs is 1. The van der Waals surface area contributed by atoms with E-state index in [4.69, 9.17) is 5.73 Å². The normalized spacial score (nSPS) is 16.1. The lowest BCUT2D eigenvalue weighted by Crippen LogP contribution is -2.31. The van der Waals surface area contributed by atoms with Gasteiger partial charge < -0.3 is 16.4 Å². The monoisotopic (exact) mass is 397 g/mol. The summed E-state index contributed by atoms with van der Waals surface area (Å²) in [4.78, 5) is 8.62. The number of imidazole rings is 1. The van der Waals surface area contributed by atoms with Crippen LogP contribution >= 0.6 is 11.3 Å². The van der Waals surface area contributed by atoms with Crippen LogP contribution in [0.5, 0.6) is 0 Å². The van der Waals surface area contributed by atoms with Crippen molar-refractivity contribution in [3.05, 3.63) is 24.0 Å². The van der Waals surface area contributed by atoms with E-state index in [0.29, 0.717) is 16.6 Å². The first-order chi connectivity index (χ1) is 12.9. The van der Waals surface area contributed by atoms with Crippen LogP contribution in [0.4, 0.5) is 24.1 Å². The molecule has 3 aromatic heterocycles. The van der Waals surface area contributed by atoms with Crippen molar-refractivity contribution in [2.24, 2.45) is 5.92 Å². The van der Waals surface area contributed by atoms with E-state index in [2.05, 4.69) is 25.7 Å². The van der Waals surface area contributed by atoms with Crippen LogP contribution in [0.1, 0.15) is 18.4 Å². The summed E-state index contributed by atoms with van der Waals surface area (Å²) in [6.07, 6.45) is 0.576. The fourth-order valence-electron chi connectivity index (χ4n) is 3.07. The largest absolute Gasteiger partial charge is 0.419 e. The molecule has 0 spiro atoms. The van der Waals surface area contributed by atoms with Crippen molar-refractivity contribution in [2.45, 2.75) is 19.0 Å². The molecule has 7 nitrogen and oxygen atoms in total. The Balaban J connectivity index is 1.52. The van der Waals surface area contributed by atoms with Gasteiger partial charge in [-0.2, -0.15) is 13.2 Å². The standard InChI is InChI=1S/C16H18F3N7S/c17-16(18,19)11-5-10(7-22-13(11)20)12-8-26-15(24-12)27-14(25-26)23-6-9-1-3-21-4-2-9/h5,7-9,21H,1-4,6H2,(H2,20,22)(H,23,25). The second kappa shape index (κ2) is 6.97. The number of hydrogen-bond acceptors (Lipinski definition) is 7. The van der Waals surface area contributed by atoms with Gasteiger partial charge in [-0.3, -0.25) is 0 Å². The molecule has 3 aromatic rings. The maximum absolute atomic E-state index is 13.0. The molecule has 1 saturated heterocycles. The number of pyridine rings is 1. The molecule has 4 rings (SSSR count). The number of hydrogen-bond donors (Lipinski definition) is 3. The maximum atomic E-state index is 13.0. The van der Waals surface area contributed by atoms with Gasteiger partial charge in [0, 0.05) is 18.3 Å². The van der Waals surface area contributed by atoms with E-state index in [0.717, 1.165) is 43.7 Å². The predicted octanol–water partition coefficient (Wildman–Crippen LogP) is 2.87. The highest BCUT2D eigenvalue weighted by Crippen LogP contribution is 2.35. The minimum Gasteiger partial charge on any atom is -0.383 e. The van der Waals surface area contributed by atoms with E-state index >= 15 is 0 Å². The molecule has 0 radical (unpaired) electrons. The molecular formula is C16H18F3N7S. The average molecular weight is 397 g/mol. The number of aromatic nitrogens is 4. The predicted molar refractivity (Wildman–Crippen MR) is 97.6 cm³/mol. The molecule has 0 atom stereocenters. The van der Waals surface area contributed by atoms with Crippen molar-refractivity contribution in [2.75, 3.05) is 30.7 Å². The Morgan fingerprint density at radius 2 is 2.11 bits per heavy atom. The first-order valence-corrected chi connectivity index (χ1v) is 9.35. The molecule has 11 heteroatoms. The van der Waals surface area contributed by atoms with Gasteiger partial charge in [-0.15, -0.1) is 5.10 Å². The Hall–Kier alpha value is -2.40. The Bertz CT molecular complexity index is 912. The number of nitrogens with two attached hydrogens (primary N) is 1. The summed E-state index contributed by atoms with van der Waals surface area (Å²) in [5, 5.41) is 11.8. The van der Waals surface area contributed by atoms with Gasteiger partial charge in [-0.05, 0) is 37.9 Å². The molecule has 27 heavy (non-hydrogen) atoms. The van der Waals surface area contributed by atoms with Gasteiger partial charge in [0.05, 0.1) is 17.5 Å². The van der Waals surface area contributed by atoms with Crippen molar-refractivity contribution in [3.8, 4) is 11.3 Å². The lowest BCUT2D eigenvalue weighted by atomic mass is 9.98. The summed E-state index contributed by atoms with van der Waals surface area (Å²) in [6, 6.07) is 0.963. The molecule has 0 amide bonds. The van der Waals surface area contributed by atoms with Gasteiger partial charge >= 0.3 is 6.18 Å². The van der Waals surface area contributed by atoms with Crippen molar-refractivity contribution < 1.29 is 13.2 Å². The number of nitrogens with zero attached hydrogens (tertiary/aromatic N) is 4. The fraction of sp³-hybridized carbons (Fsp3) is 0.438. The third kappa shape index (κ3) is 3.83. The van der Waals surface area contributed by atoms with Gasteiger partial charge in [0.15, 0.2) is 0 Å². The zero-order chi connectivity index (χ0) is 19.0. The number of alkyl halides is 3. The van der Waals surface area contributed by atoms with Gasteiger partial charge in [0.2, 0.25) is 10.1 Å². The van der Waals surface area contributed by atoms with E-state index in [1.54, 1.807) is 10.7 Å². The zero-order valence-electron chi connectivity index (χ0n) is 14.3. The summed E-state index contributed by atoms with van der Waals surface area (Å²) in [5.74, 6) is 0.0643. The molecule has 4 N–H and O–H groups in total. The maximum Gasteiger partial charge on any atom is 0.419 e. The zero-order valence-corrected chi connectivity index (χ0v) is 15.1. The summed E-state index contributed by atoms with van der Waals surface area (Å²) < 4.78 is 40.6. The minimum absolute atomic E-state index is 0.249. The summed E-state index contributed by atoms with van der Waals surface area (Å²) in [5.41, 5.74) is 5.00. The minimum atomic E-state index is -4.56. The SMILES string of the molecule is Nc1ncc(-c2cn3nc(NCC4CCNCC4)sc3n2)cc1C(F)(F)F. The van der Waals surface area contributed by atoms with Crippen LogP contribution in [0.3, 0.4) is 0 Å². The van der Waals surface area contributed by atoms with E-state index in [1.165, 1.54) is 17.5 Å². The second-order valence-corrected chi connectivity index (χ2v) is 7.45. The fourth-order valence-corrected chi connectivity index (χ4v) is 3.86. The number of nitrogens with one attached hydrogen (secondary N) is 2. The summed E-state index contributed by atoms with van der Waals surface area (Å²) in [6.45, 7) is 2.92. The van der Waals surface area contributed by atoms with Gasteiger partial charge in [-0.25, -0.2) is 14.5 Å². The van der Waals surface area contributed by atoms with Crippen molar-refractivity contribution >= 4 is 27.2 Å². The second-order valence-electron chi connectivity index (χ2n) is 6.49. The Kier molecular flexibility index (Phi) is 4.64. The Labute approximate surface area is 156 Å². The molecule has 1 fully saturated rings. The Morgan fingerprint density at radius 3 is 2.81 bits per heavy atom. The van der Waals surface area contributed by atoms with Gasteiger partial charge in [0.25, 0.3) is 0 Å². The molecule has 0 aliphatic carbocycles. The van der Waals surface area contributed by atoms with Crippen molar-refractivity contribution in [3.63, 3.8) is 0 Å². The smallest absolute Gasteiger partial charge is 0.383 e. The Morgan fingerprint density at radius 1 is 1.33 bits per heavy atom. The van der Waals surface area contributed by atoms with Crippen LogP contribution in [-0.4, -0.2) is 39.2 Å². The van der Waals surface area contributed by atoms with Crippen LogP contribution in [0, 0.1) is 5.92 Å². The summed E-state index contributed by atoms with van der Waals surface area (Å²) in [7, 11) is 0. The van der Waals surface area contributed by atoms with E-state index in [1.807, 2.05) is 0 Å². The van der Waals surface area contributed by atoms with E-state index in [-0.39, 0.29) is 5.56 Å². The van der Waals surface area contributed by atoms with E-state index < -0.39 is 17.6 Å². The molecule has 1 aliphatic heterocycles. The van der Waals surface area contributed by atoms with Crippen LogP contribution in [0.2, 0.25) is 0 Å². The average Bonchev–Trinajstić information content (AvgIpc) is 3.19. The highest BCUT2D eigenvalue weighted by Gasteiger charge is 2.34. The first kappa shape index (κ1) is 18.0. The number of nitrogen functional groups attached to an aromatic ring is 1. The van der Waals surface area contributed by atoms with Gasteiger partial charge in [0.1, 0.15) is 5.82 Å². The molecule has 0 bridgehead atoms. The molecule has 144 valence electrons. The van der Waals surface area contributed by atoms with Crippen LogP contribution in [-0.2, 0) is 6.18 Å². The topological polar surface area (TPSA) is 93.2 Å². The van der Waals surface area contributed by atoms with Gasteiger partial charge in [-0.1, -0.05) is 11.3 Å². The lowest BCUT2D eigenvalue weighted by Gasteiger charge is -2.22. The third-order valence-electron chi connectivity index (χ3n) is 4.56. The molecular weight excluding hydrogens is 379 g/mol. The number of anilines is 2. The third-order valence-corrected chi connectivity index (χ3v) is 5.44. The lowest BCUT2D eigenvalue weighted by molar-refractivity contribution is -0.137. The summed E-state index contributed by atoms with van der Waals surface area (Å²) >= 11 is 1.36. The van der Waals surface area contributed by atoms with Crippen molar-refractivity contribution in [1.82, 2.24) is 24.9 Å². The molecule has 0 saturated carbocycles. The number of piperidine rings is 1. The molecule has 0 unspecified atom stereocenters. The highest BCUT2D eigenvalue weighted by atomic mass is 32.1. The van der Waals surface area contributed by atoms with Crippen LogP contribution < -0.4 is 16.4 Å².